The van der Waals surface area contributed by atoms with Crippen LogP contribution >= 0.6 is 11.8 Å². The van der Waals surface area contributed by atoms with Crippen molar-refractivity contribution in [3.63, 3.8) is 0 Å². The number of benzene rings is 1. The van der Waals surface area contributed by atoms with E-state index in [1.54, 1.807) is 26.0 Å². The van der Waals surface area contributed by atoms with Gasteiger partial charge < -0.3 is 13.9 Å². The summed E-state index contributed by atoms with van der Waals surface area (Å²) in [5.41, 5.74) is 0. The van der Waals surface area contributed by atoms with Crippen molar-refractivity contribution in [3.05, 3.63) is 36.0 Å². The minimum Gasteiger partial charge on any atom is -0.478 e. The number of hydrogen-bond acceptors (Lipinski definition) is 8. The Kier molecular flexibility index (Phi) is 6.75. The van der Waals surface area contributed by atoms with Crippen LogP contribution in [0.3, 0.4) is 0 Å². The molecule has 10 heteroatoms. The topological polar surface area (TPSA) is 104 Å². The molecule has 8 nitrogen and oxygen atoms in total. The molecule has 0 radical (unpaired) electrons. The second-order valence-corrected chi connectivity index (χ2v) is 5.58. The number of thioether (sulfide) groups is 1. The predicted octanol–water partition coefficient (Wildman–Crippen LogP) is 2.71. The van der Waals surface area contributed by atoms with Crippen LogP contribution in [-0.4, -0.2) is 34.6 Å². The number of carbonyl (C=O) groups is 2. The number of ether oxygens (including phenoxy) is 2. The zero-order valence-corrected chi connectivity index (χ0v) is 14.3. The average molecular weight is 369 g/mol. The van der Waals surface area contributed by atoms with Crippen molar-refractivity contribution in [2.24, 2.45) is 0 Å². The molecule has 0 unspecified atom stereocenters. The fourth-order valence-corrected chi connectivity index (χ4v) is 2.24. The van der Waals surface area contributed by atoms with Crippen molar-refractivity contribution in [2.75, 3.05) is 12.4 Å². The van der Waals surface area contributed by atoms with Gasteiger partial charge in [0.15, 0.2) is 17.7 Å². The van der Waals surface area contributed by atoms with E-state index in [2.05, 4.69) is 14.9 Å². The van der Waals surface area contributed by atoms with Gasteiger partial charge in [0.25, 0.3) is 11.1 Å². The summed E-state index contributed by atoms with van der Waals surface area (Å²) in [6, 6.07) is 5.95. The Labute approximate surface area is 147 Å². The molecule has 0 saturated heterocycles. The fourth-order valence-electron chi connectivity index (χ4n) is 1.67. The van der Waals surface area contributed by atoms with Crippen LogP contribution in [0.15, 0.2) is 33.9 Å². The van der Waals surface area contributed by atoms with E-state index in [9.17, 15) is 14.0 Å². The zero-order valence-electron chi connectivity index (χ0n) is 13.5. The minimum atomic E-state index is -0.814. The summed E-state index contributed by atoms with van der Waals surface area (Å²) in [4.78, 5) is 22.6. The number of carbonyl (C=O) groups excluding carboxylic acids is 2. The van der Waals surface area contributed by atoms with E-state index < -0.39 is 23.9 Å². The first-order valence-corrected chi connectivity index (χ1v) is 8.32. The average Bonchev–Trinajstić information content (AvgIpc) is 3.04. The van der Waals surface area contributed by atoms with Gasteiger partial charge in [-0.3, -0.25) is 10.1 Å². The van der Waals surface area contributed by atoms with Gasteiger partial charge in [-0.25, -0.2) is 9.18 Å². The summed E-state index contributed by atoms with van der Waals surface area (Å²) in [7, 11) is 0. The Balaban J connectivity index is 1.86. The molecule has 134 valence electrons. The van der Waals surface area contributed by atoms with Gasteiger partial charge in [-0.1, -0.05) is 23.9 Å². The number of hydrogen-bond donors (Lipinski definition) is 1. The van der Waals surface area contributed by atoms with E-state index in [0.29, 0.717) is 0 Å². The normalized spacial score (nSPS) is 11.6. The molecule has 1 heterocycles. The van der Waals surface area contributed by atoms with Gasteiger partial charge in [-0.15, -0.1) is 10.2 Å². The molecule has 2 rings (SSSR count). The Morgan fingerprint density at radius 2 is 2.12 bits per heavy atom. The summed E-state index contributed by atoms with van der Waals surface area (Å²) >= 11 is 0.947. The van der Waals surface area contributed by atoms with Crippen molar-refractivity contribution in [1.29, 1.82) is 0 Å². The van der Waals surface area contributed by atoms with Gasteiger partial charge in [0.1, 0.15) is 0 Å². The van der Waals surface area contributed by atoms with Crippen LogP contribution in [0.1, 0.15) is 25.8 Å². The van der Waals surface area contributed by atoms with E-state index in [4.69, 9.17) is 9.15 Å². The number of halogens is 1. The summed E-state index contributed by atoms with van der Waals surface area (Å²) in [6.45, 7) is 3.42. The number of nitrogens with one attached hydrogen (secondary N) is 1. The highest BCUT2D eigenvalue weighted by Crippen LogP contribution is 2.25. The number of rotatable bonds is 7. The van der Waals surface area contributed by atoms with Crippen molar-refractivity contribution in [1.82, 2.24) is 15.5 Å². The number of imide groups is 1. The standard InChI is InChI=1S/C15H16FN3O5S/c1-3-22-14(21)17-12(20)8-25-15-19-18-13(24-15)9(2)23-11-7-5-4-6-10(11)16/h4-7,9H,3,8H2,1-2H3,(H,17,20,21)/t9-/m1/s1. The van der Waals surface area contributed by atoms with Gasteiger partial charge in [0, 0.05) is 0 Å². The lowest BCUT2D eigenvalue weighted by atomic mass is 10.3. The molecule has 1 N–H and O–H groups in total. The third-order valence-corrected chi connectivity index (χ3v) is 3.57. The fraction of sp³-hybridized carbons (Fsp3) is 0.333. The lowest BCUT2D eigenvalue weighted by Gasteiger charge is -2.11. The Morgan fingerprint density at radius 1 is 1.36 bits per heavy atom. The minimum absolute atomic E-state index is 0.0659. The highest BCUT2D eigenvalue weighted by atomic mass is 32.2. The molecule has 1 atom stereocenters. The lowest BCUT2D eigenvalue weighted by molar-refractivity contribution is -0.117. The number of alkyl carbamates (subject to hydrolysis) is 1. The molecule has 0 aliphatic heterocycles. The van der Waals surface area contributed by atoms with E-state index in [-0.39, 0.29) is 29.2 Å². The van der Waals surface area contributed by atoms with Crippen molar-refractivity contribution >= 4 is 23.8 Å². The van der Waals surface area contributed by atoms with Crippen LogP contribution in [0.4, 0.5) is 9.18 Å². The quantitative estimate of drug-likeness (QED) is 0.743. The van der Waals surface area contributed by atoms with Gasteiger partial charge in [-0.2, -0.15) is 0 Å². The highest BCUT2D eigenvalue weighted by molar-refractivity contribution is 7.99. The lowest BCUT2D eigenvalue weighted by Crippen LogP contribution is -2.32. The second kappa shape index (κ2) is 9.02. The monoisotopic (exact) mass is 369 g/mol. The third-order valence-electron chi connectivity index (χ3n) is 2.75. The van der Waals surface area contributed by atoms with Crippen LogP contribution in [0.2, 0.25) is 0 Å². The molecule has 25 heavy (non-hydrogen) atoms. The molecule has 1 aromatic heterocycles. The van der Waals surface area contributed by atoms with Crippen molar-refractivity contribution in [3.8, 4) is 5.75 Å². The van der Waals surface area contributed by atoms with Gasteiger partial charge in [0.05, 0.1) is 12.4 Å². The van der Waals surface area contributed by atoms with Crippen LogP contribution < -0.4 is 10.1 Å². The molecule has 2 aromatic rings. The SMILES string of the molecule is CCOC(=O)NC(=O)CSc1nnc([C@@H](C)Oc2ccccc2F)o1. The summed E-state index contributed by atoms with van der Waals surface area (Å²) in [5.74, 6) is -0.964. The summed E-state index contributed by atoms with van der Waals surface area (Å²) in [6.07, 6.45) is -1.49. The molecular weight excluding hydrogens is 353 g/mol. The van der Waals surface area contributed by atoms with Crippen LogP contribution in [-0.2, 0) is 9.53 Å². The second-order valence-electron chi connectivity index (χ2n) is 4.65. The Morgan fingerprint density at radius 3 is 2.84 bits per heavy atom. The van der Waals surface area contributed by atoms with E-state index >= 15 is 0 Å². The van der Waals surface area contributed by atoms with E-state index in [1.807, 2.05) is 5.32 Å². The van der Waals surface area contributed by atoms with Crippen molar-refractivity contribution < 1.29 is 27.9 Å². The molecular formula is C15H16FN3O5S. The van der Waals surface area contributed by atoms with Gasteiger partial charge in [0.2, 0.25) is 5.91 Å². The molecule has 0 aliphatic rings. The number of amides is 2. The molecule has 0 spiro atoms. The molecule has 0 bridgehead atoms. The maximum Gasteiger partial charge on any atom is 0.413 e. The first-order chi connectivity index (χ1) is 12.0. The maximum atomic E-state index is 13.6. The number of nitrogens with zero attached hydrogens (tertiary/aromatic N) is 2. The summed E-state index contributed by atoms with van der Waals surface area (Å²) in [5, 5.41) is 9.73. The predicted molar refractivity (Wildman–Crippen MR) is 85.6 cm³/mol. The molecule has 0 saturated carbocycles. The first kappa shape index (κ1) is 18.7. The highest BCUT2D eigenvalue weighted by Gasteiger charge is 2.18. The molecule has 2 amide bonds. The molecule has 0 fully saturated rings. The van der Waals surface area contributed by atoms with Crippen LogP contribution in [0.5, 0.6) is 5.75 Å². The number of para-hydroxylation sites is 1. The first-order valence-electron chi connectivity index (χ1n) is 7.33. The van der Waals surface area contributed by atoms with Gasteiger partial charge in [-0.05, 0) is 26.0 Å². The van der Waals surface area contributed by atoms with Gasteiger partial charge >= 0.3 is 6.09 Å². The summed E-state index contributed by atoms with van der Waals surface area (Å²) < 4.78 is 28.9. The Hall–Kier alpha value is -2.62. The van der Waals surface area contributed by atoms with Crippen LogP contribution in [0.25, 0.3) is 0 Å². The van der Waals surface area contributed by atoms with Crippen molar-refractivity contribution in [2.45, 2.75) is 25.2 Å². The molecule has 1 aromatic carbocycles. The number of aromatic nitrogens is 2. The largest absolute Gasteiger partial charge is 0.478 e. The van der Waals surface area contributed by atoms with E-state index in [1.165, 1.54) is 12.1 Å². The smallest absolute Gasteiger partial charge is 0.413 e. The zero-order chi connectivity index (χ0) is 18.2. The van der Waals surface area contributed by atoms with Crippen LogP contribution in [0, 0.1) is 5.82 Å². The third kappa shape index (κ3) is 5.75. The molecule has 0 aliphatic carbocycles. The van der Waals surface area contributed by atoms with E-state index in [0.717, 1.165) is 11.8 Å². The maximum absolute atomic E-state index is 13.6. The Bertz CT molecular complexity index is 739.